The van der Waals surface area contributed by atoms with E-state index in [9.17, 15) is 0 Å². The molecule has 0 spiro atoms. The number of benzene rings is 1. The molecule has 0 N–H and O–H groups in total. The van der Waals surface area contributed by atoms with Gasteiger partial charge in [0.2, 0.25) is 0 Å². The summed E-state index contributed by atoms with van der Waals surface area (Å²) < 4.78 is 31.2. The Labute approximate surface area is 171 Å². The first-order chi connectivity index (χ1) is 13.2. The van der Waals surface area contributed by atoms with Gasteiger partial charge in [-0.1, -0.05) is 24.3 Å². The van der Waals surface area contributed by atoms with Crippen LogP contribution in [0.25, 0.3) is 0 Å². The highest BCUT2D eigenvalue weighted by Gasteiger charge is 2.53. The number of rotatable bonds is 6. The molecule has 3 rings (SSSR count). The molecule has 6 heteroatoms. The third-order valence-electron chi connectivity index (χ3n) is 5.34. The zero-order valence-electron chi connectivity index (χ0n) is 18.1. The van der Waals surface area contributed by atoms with Crippen molar-refractivity contribution >= 4 is 14.0 Å². The van der Waals surface area contributed by atoms with Gasteiger partial charge in [-0.15, -0.1) is 0 Å². The second-order valence-corrected chi connectivity index (χ2v) is 11.4. The maximum Gasteiger partial charge on any atom is 0.538 e. The summed E-state index contributed by atoms with van der Waals surface area (Å²) in [5, 5.41) is 1.00. The predicted octanol–water partition coefficient (Wildman–Crippen LogP) is 4.30. The number of hydrogen-bond donors (Lipinski definition) is 0. The van der Waals surface area contributed by atoms with Gasteiger partial charge in [-0.2, -0.15) is 0 Å². The molecular weight excluding hydrogens is 372 g/mol. The minimum atomic E-state index is -3.07. The van der Waals surface area contributed by atoms with E-state index >= 15 is 0 Å². The molecule has 0 aliphatic carbocycles. The molecular formula is C22H36O5Si. The lowest BCUT2D eigenvalue weighted by atomic mass is 9.94. The maximum absolute atomic E-state index is 6.63. The summed E-state index contributed by atoms with van der Waals surface area (Å²) in [6.07, 6.45) is 5.02. The van der Waals surface area contributed by atoms with Crippen molar-refractivity contribution in [1.29, 1.82) is 0 Å². The molecule has 2 saturated heterocycles. The molecule has 2 heterocycles. The molecule has 1 aromatic carbocycles. The molecule has 158 valence electrons. The van der Waals surface area contributed by atoms with Crippen molar-refractivity contribution < 1.29 is 22.8 Å². The first-order valence-electron chi connectivity index (χ1n) is 10.6. The van der Waals surface area contributed by atoms with E-state index in [0.717, 1.165) is 49.5 Å². The summed E-state index contributed by atoms with van der Waals surface area (Å²) in [5.41, 5.74) is 0.500. The Morgan fingerprint density at radius 3 is 2.39 bits per heavy atom. The predicted molar refractivity (Wildman–Crippen MR) is 111 cm³/mol. The van der Waals surface area contributed by atoms with E-state index in [1.165, 1.54) is 0 Å². The Morgan fingerprint density at radius 1 is 1.07 bits per heavy atom. The Bertz CT molecular complexity index is 622. The second kappa shape index (κ2) is 8.94. The normalized spacial score (nSPS) is 26.5. The summed E-state index contributed by atoms with van der Waals surface area (Å²) >= 11 is 0. The summed E-state index contributed by atoms with van der Waals surface area (Å²) in [6, 6.07) is 8.32. The molecule has 28 heavy (non-hydrogen) atoms. The second-order valence-electron chi connectivity index (χ2n) is 9.02. The van der Waals surface area contributed by atoms with Crippen molar-refractivity contribution in [3.63, 3.8) is 0 Å². The fourth-order valence-electron chi connectivity index (χ4n) is 3.79. The highest BCUT2D eigenvalue weighted by Crippen LogP contribution is 2.35. The van der Waals surface area contributed by atoms with Gasteiger partial charge in [0.05, 0.1) is 17.8 Å². The third-order valence-corrected chi connectivity index (χ3v) is 8.67. The Balaban J connectivity index is 1.84. The average molecular weight is 409 g/mol. The van der Waals surface area contributed by atoms with Crippen LogP contribution in [0, 0.1) is 0 Å². The molecule has 1 aromatic rings. The topological polar surface area (TPSA) is 46.2 Å². The fraction of sp³-hybridized carbons (Fsp3) is 0.727. The van der Waals surface area contributed by atoms with E-state index in [1.54, 1.807) is 0 Å². The van der Waals surface area contributed by atoms with Gasteiger partial charge < -0.3 is 22.8 Å². The van der Waals surface area contributed by atoms with Gasteiger partial charge in [0.15, 0.2) is 6.29 Å². The molecule has 5 nitrogen and oxygen atoms in total. The average Bonchev–Trinajstić information content (AvgIpc) is 2.75. The lowest BCUT2D eigenvalue weighted by Crippen LogP contribution is -2.61. The summed E-state index contributed by atoms with van der Waals surface area (Å²) in [7, 11) is -3.07. The fourth-order valence-corrected chi connectivity index (χ4v) is 7.05. The van der Waals surface area contributed by atoms with Crippen LogP contribution in [0.2, 0.25) is 0 Å². The van der Waals surface area contributed by atoms with Crippen LogP contribution in [0.5, 0.6) is 0 Å². The minimum Gasteiger partial charge on any atom is -0.370 e. The van der Waals surface area contributed by atoms with Crippen molar-refractivity contribution in [1.82, 2.24) is 0 Å². The highest BCUT2D eigenvalue weighted by atomic mass is 28.4. The zero-order valence-corrected chi connectivity index (χ0v) is 19.1. The highest BCUT2D eigenvalue weighted by molar-refractivity contribution is 6.75. The van der Waals surface area contributed by atoms with Crippen LogP contribution in [-0.4, -0.2) is 39.5 Å². The quantitative estimate of drug-likeness (QED) is 0.657. The SMILES string of the molecule is CCO[Si]1(c2cccc(COC3CCCCO3)c2)OC(C)(C)CCC(C)(C)O1. The van der Waals surface area contributed by atoms with Crippen LogP contribution in [0.3, 0.4) is 0 Å². The van der Waals surface area contributed by atoms with Gasteiger partial charge in [0.1, 0.15) is 0 Å². The van der Waals surface area contributed by atoms with Gasteiger partial charge in [0.25, 0.3) is 0 Å². The van der Waals surface area contributed by atoms with Gasteiger partial charge in [-0.3, -0.25) is 0 Å². The van der Waals surface area contributed by atoms with Crippen molar-refractivity contribution in [3.8, 4) is 0 Å². The molecule has 0 bridgehead atoms. The molecule has 2 fully saturated rings. The molecule has 1 atom stereocenters. The van der Waals surface area contributed by atoms with Crippen molar-refractivity contribution in [2.75, 3.05) is 13.2 Å². The maximum atomic E-state index is 6.63. The van der Waals surface area contributed by atoms with Crippen LogP contribution in [0.1, 0.15) is 72.3 Å². The molecule has 0 aromatic heterocycles. The van der Waals surface area contributed by atoms with Gasteiger partial charge >= 0.3 is 8.80 Å². The Kier molecular flexibility index (Phi) is 7.00. The Hall–Kier alpha value is -0.763. The van der Waals surface area contributed by atoms with E-state index in [0.29, 0.717) is 13.2 Å². The molecule has 0 amide bonds. The van der Waals surface area contributed by atoms with Crippen molar-refractivity contribution in [3.05, 3.63) is 29.8 Å². The monoisotopic (exact) mass is 408 g/mol. The third kappa shape index (κ3) is 5.65. The number of hydrogen-bond acceptors (Lipinski definition) is 5. The van der Waals surface area contributed by atoms with E-state index in [4.69, 9.17) is 22.8 Å². The summed E-state index contributed by atoms with van der Waals surface area (Å²) in [6.45, 7) is 12.4. The van der Waals surface area contributed by atoms with E-state index in [2.05, 4.69) is 45.9 Å². The van der Waals surface area contributed by atoms with Crippen LogP contribution in [-0.2, 0) is 29.4 Å². The van der Waals surface area contributed by atoms with E-state index in [1.807, 2.05) is 13.0 Å². The molecule has 1 unspecified atom stereocenters. The van der Waals surface area contributed by atoms with Gasteiger partial charge in [-0.25, -0.2) is 0 Å². The summed E-state index contributed by atoms with van der Waals surface area (Å²) in [4.78, 5) is 0. The standard InChI is InChI=1S/C22H36O5Si/c1-6-25-28(26-21(2,3)13-14-22(4,5)27-28)19-11-9-10-18(16-19)17-24-20-12-7-8-15-23-20/h9-11,16,20H,6-8,12-15,17H2,1-5H3. The molecule has 2 aliphatic heterocycles. The van der Waals surface area contributed by atoms with Gasteiger partial charge in [0, 0.05) is 18.4 Å². The molecule has 0 saturated carbocycles. The lowest BCUT2D eigenvalue weighted by molar-refractivity contribution is -0.168. The van der Waals surface area contributed by atoms with Crippen LogP contribution in [0.4, 0.5) is 0 Å². The lowest BCUT2D eigenvalue weighted by Gasteiger charge is -2.37. The van der Waals surface area contributed by atoms with Crippen molar-refractivity contribution in [2.45, 2.75) is 90.8 Å². The summed E-state index contributed by atoms with van der Waals surface area (Å²) in [5.74, 6) is 0. The minimum absolute atomic E-state index is 0.0984. The first-order valence-corrected chi connectivity index (χ1v) is 12.3. The zero-order chi connectivity index (χ0) is 20.3. The smallest absolute Gasteiger partial charge is 0.370 e. The van der Waals surface area contributed by atoms with Crippen LogP contribution < -0.4 is 5.19 Å². The molecule has 0 radical (unpaired) electrons. The van der Waals surface area contributed by atoms with Crippen LogP contribution >= 0.6 is 0 Å². The van der Waals surface area contributed by atoms with E-state index < -0.39 is 8.80 Å². The number of ether oxygens (including phenoxy) is 2. The largest absolute Gasteiger partial charge is 0.538 e. The van der Waals surface area contributed by atoms with Gasteiger partial charge in [-0.05, 0) is 72.3 Å². The Morgan fingerprint density at radius 2 is 1.79 bits per heavy atom. The van der Waals surface area contributed by atoms with Crippen molar-refractivity contribution in [2.24, 2.45) is 0 Å². The molecule has 2 aliphatic rings. The van der Waals surface area contributed by atoms with Crippen LogP contribution in [0.15, 0.2) is 24.3 Å². The first kappa shape index (κ1) is 21.9. The van der Waals surface area contributed by atoms with E-state index in [-0.39, 0.29) is 17.5 Å².